The van der Waals surface area contributed by atoms with Gasteiger partial charge in [-0.15, -0.1) is 0 Å². The van der Waals surface area contributed by atoms with Crippen molar-refractivity contribution < 1.29 is 9.52 Å². The molecule has 0 aliphatic carbocycles. The number of furan rings is 1. The third kappa shape index (κ3) is 6.93. The first kappa shape index (κ1) is 20.5. The van der Waals surface area contributed by atoms with Gasteiger partial charge in [-0.3, -0.25) is 0 Å². The van der Waals surface area contributed by atoms with Crippen LogP contribution in [0.15, 0.2) is 21.5 Å². The molecule has 6 nitrogen and oxygen atoms in total. The number of aryl methyl sites for hydroxylation is 1. The van der Waals surface area contributed by atoms with Crippen LogP contribution >= 0.6 is 0 Å². The van der Waals surface area contributed by atoms with Gasteiger partial charge in [-0.1, -0.05) is 13.8 Å². The second kappa shape index (κ2) is 10.4. The van der Waals surface area contributed by atoms with E-state index in [4.69, 9.17) is 4.42 Å². The number of hydrogen-bond acceptors (Lipinski definition) is 4. The molecule has 0 bridgehead atoms. The van der Waals surface area contributed by atoms with E-state index < -0.39 is 5.60 Å². The van der Waals surface area contributed by atoms with Crippen molar-refractivity contribution in [2.24, 2.45) is 4.99 Å². The molecule has 1 atom stereocenters. The molecule has 1 heterocycles. The minimum atomic E-state index is -1.11. The van der Waals surface area contributed by atoms with Crippen molar-refractivity contribution in [3.63, 3.8) is 0 Å². The van der Waals surface area contributed by atoms with E-state index in [1.165, 1.54) is 0 Å². The molecule has 0 saturated carbocycles. The van der Waals surface area contributed by atoms with E-state index in [1.807, 2.05) is 19.9 Å². The predicted octanol–water partition coefficient (Wildman–Crippen LogP) is 2.08. The van der Waals surface area contributed by atoms with Crippen molar-refractivity contribution in [1.82, 2.24) is 15.5 Å². The normalized spacial score (nSPS) is 14.7. The quantitative estimate of drug-likeness (QED) is 0.346. The highest BCUT2D eigenvalue weighted by molar-refractivity contribution is 5.79. The number of hydrogen-bond donors (Lipinski definition) is 3. The van der Waals surface area contributed by atoms with Gasteiger partial charge in [-0.25, -0.2) is 4.99 Å². The third-order valence-corrected chi connectivity index (χ3v) is 4.00. The first-order valence-electron chi connectivity index (χ1n) is 8.96. The Kier molecular flexibility index (Phi) is 8.85. The Bertz CT molecular complexity index is 493. The lowest BCUT2D eigenvalue weighted by atomic mass is 10.0. The van der Waals surface area contributed by atoms with Gasteiger partial charge < -0.3 is 25.1 Å². The summed E-state index contributed by atoms with van der Waals surface area (Å²) in [4.78, 5) is 6.90. The van der Waals surface area contributed by atoms with Crippen LogP contribution in [0.5, 0.6) is 0 Å². The number of rotatable bonds is 10. The maximum atomic E-state index is 10.6. The van der Waals surface area contributed by atoms with Gasteiger partial charge in [0.15, 0.2) is 5.96 Å². The van der Waals surface area contributed by atoms with Gasteiger partial charge in [0, 0.05) is 13.1 Å². The lowest BCUT2D eigenvalue weighted by molar-refractivity contribution is 0.0428. The summed E-state index contributed by atoms with van der Waals surface area (Å²) >= 11 is 0. The van der Waals surface area contributed by atoms with E-state index in [0.29, 0.717) is 5.76 Å². The Morgan fingerprint density at radius 2 is 1.96 bits per heavy atom. The minimum absolute atomic E-state index is 0.241. The van der Waals surface area contributed by atoms with E-state index in [2.05, 4.69) is 34.4 Å². The molecular formula is C18H34N4O2. The maximum absolute atomic E-state index is 10.6. The Labute approximate surface area is 146 Å². The van der Waals surface area contributed by atoms with Gasteiger partial charge in [0.2, 0.25) is 0 Å². The molecule has 0 radical (unpaired) electrons. The molecule has 1 unspecified atom stereocenters. The predicted molar refractivity (Wildman–Crippen MR) is 99.4 cm³/mol. The highest BCUT2D eigenvalue weighted by Crippen LogP contribution is 2.22. The molecule has 1 aromatic heterocycles. The van der Waals surface area contributed by atoms with E-state index in [1.54, 1.807) is 13.0 Å². The zero-order chi connectivity index (χ0) is 18.0. The van der Waals surface area contributed by atoms with Gasteiger partial charge >= 0.3 is 0 Å². The second-order valence-electron chi connectivity index (χ2n) is 6.19. The van der Waals surface area contributed by atoms with Gasteiger partial charge in [-0.05, 0) is 59.0 Å². The fraction of sp³-hybridized carbons (Fsp3) is 0.722. The Hall–Kier alpha value is -1.53. The lowest BCUT2D eigenvalue weighted by Crippen LogP contribution is -2.40. The molecule has 138 valence electrons. The number of nitrogens with one attached hydrogen (secondary N) is 2. The molecule has 0 aliphatic heterocycles. The Morgan fingerprint density at radius 3 is 2.50 bits per heavy atom. The van der Waals surface area contributed by atoms with Crippen molar-refractivity contribution in [3.8, 4) is 0 Å². The Balaban J connectivity index is 2.52. The average molecular weight is 338 g/mol. The summed E-state index contributed by atoms with van der Waals surface area (Å²) in [5.41, 5.74) is -1.11. The number of aliphatic hydroxyl groups is 1. The molecule has 24 heavy (non-hydrogen) atoms. The van der Waals surface area contributed by atoms with Crippen molar-refractivity contribution in [2.45, 2.75) is 46.6 Å². The fourth-order valence-corrected chi connectivity index (χ4v) is 2.43. The van der Waals surface area contributed by atoms with E-state index in [-0.39, 0.29) is 6.54 Å². The van der Waals surface area contributed by atoms with Gasteiger partial charge in [-0.2, -0.15) is 0 Å². The third-order valence-electron chi connectivity index (χ3n) is 4.00. The summed E-state index contributed by atoms with van der Waals surface area (Å²) in [7, 11) is 0. The van der Waals surface area contributed by atoms with Crippen LogP contribution < -0.4 is 10.6 Å². The standard InChI is InChI=1S/C18H34N4O2/c1-6-19-17(20-12-9-13-22(7-2)8-3)21-14-18(5,23)16-11-10-15(4)24-16/h10-11,23H,6-9,12-14H2,1-5H3,(H2,19,20,21). The zero-order valence-electron chi connectivity index (χ0n) is 15.9. The van der Waals surface area contributed by atoms with Crippen LogP contribution in [0.2, 0.25) is 0 Å². The van der Waals surface area contributed by atoms with Crippen molar-refractivity contribution in [3.05, 3.63) is 23.7 Å². The second-order valence-corrected chi connectivity index (χ2v) is 6.19. The number of guanidine groups is 1. The summed E-state index contributed by atoms with van der Waals surface area (Å²) in [6.45, 7) is 15.1. The molecule has 6 heteroatoms. The first-order chi connectivity index (χ1) is 11.4. The maximum Gasteiger partial charge on any atom is 0.191 e. The first-order valence-corrected chi connectivity index (χ1v) is 8.96. The molecule has 0 saturated heterocycles. The van der Waals surface area contributed by atoms with Crippen molar-refractivity contribution in [1.29, 1.82) is 0 Å². The molecule has 0 aromatic carbocycles. The van der Waals surface area contributed by atoms with E-state index >= 15 is 0 Å². The zero-order valence-corrected chi connectivity index (χ0v) is 15.9. The number of aliphatic imine (C=N–C) groups is 1. The Morgan fingerprint density at radius 1 is 1.25 bits per heavy atom. The summed E-state index contributed by atoms with van der Waals surface area (Å²) in [5, 5.41) is 17.1. The lowest BCUT2D eigenvalue weighted by Gasteiger charge is -2.20. The summed E-state index contributed by atoms with van der Waals surface area (Å²) < 4.78 is 5.52. The highest BCUT2D eigenvalue weighted by atomic mass is 16.4. The molecule has 3 N–H and O–H groups in total. The SMILES string of the molecule is CCNC(=NCC(C)(O)c1ccc(C)o1)NCCCN(CC)CC. The molecule has 0 amide bonds. The summed E-state index contributed by atoms with van der Waals surface area (Å²) in [6.07, 6.45) is 1.06. The van der Waals surface area contributed by atoms with Crippen LogP contribution in [0.3, 0.4) is 0 Å². The molecule has 0 spiro atoms. The number of nitrogens with zero attached hydrogens (tertiary/aromatic N) is 2. The van der Waals surface area contributed by atoms with E-state index in [0.717, 1.165) is 50.9 Å². The van der Waals surface area contributed by atoms with Gasteiger partial charge in [0.05, 0.1) is 6.54 Å². The van der Waals surface area contributed by atoms with Crippen molar-refractivity contribution >= 4 is 5.96 Å². The average Bonchev–Trinajstić information content (AvgIpc) is 3.00. The van der Waals surface area contributed by atoms with Crippen LogP contribution in [0.4, 0.5) is 0 Å². The molecule has 0 aliphatic rings. The van der Waals surface area contributed by atoms with Crippen LogP contribution in [0, 0.1) is 6.92 Å². The summed E-state index contributed by atoms with van der Waals surface area (Å²) in [6, 6.07) is 3.65. The van der Waals surface area contributed by atoms with Crippen LogP contribution in [-0.2, 0) is 5.60 Å². The largest absolute Gasteiger partial charge is 0.463 e. The van der Waals surface area contributed by atoms with Gasteiger partial charge in [0.1, 0.15) is 17.1 Å². The highest BCUT2D eigenvalue weighted by Gasteiger charge is 2.26. The molecule has 1 aromatic rings. The van der Waals surface area contributed by atoms with Gasteiger partial charge in [0.25, 0.3) is 0 Å². The van der Waals surface area contributed by atoms with E-state index in [9.17, 15) is 5.11 Å². The summed E-state index contributed by atoms with van der Waals surface area (Å²) in [5.74, 6) is 2.05. The molecule has 1 rings (SSSR count). The smallest absolute Gasteiger partial charge is 0.191 e. The minimum Gasteiger partial charge on any atom is -0.463 e. The molecule has 0 fully saturated rings. The monoisotopic (exact) mass is 338 g/mol. The fourth-order valence-electron chi connectivity index (χ4n) is 2.43. The molecular weight excluding hydrogens is 304 g/mol. The van der Waals surface area contributed by atoms with Crippen LogP contribution in [0.1, 0.15) is 45.6 Å². The van der Waals surface area contributed by atoms with Crippen LogP contribution in [0.25, 0.3) is 0 Å². The van der Waals surface area contributed by atoms with Crippen LogP contribution in [-0.4, -0.2) is 55.2 Å². The van der Waals surface area contributed by atoms with Crippen molar-refractivity contribution in [2.75, 3.05) is 39.3 Å². The topological polar surface area (TPSA) is 73.0 Å².